The van der Waals surface area contributed by atoms with Crippen molar-refractivity contribution < 1.29 is 5.11 Å². The van der Waals surface area contributed by atoms with Gasteiger partial charge < -0.3 is 5.11 Å². The third-order valence-corrected chi connectivity index (χ3v) is 13.0. The molecule has 1 saturated carbocycles. The molecule has 3 rings (SSSR count). The van der Waals surface area contributed by atoms with Gasteiger partial charge in [-0.3, -0.25) is 0 Å². The summed E-state index contributed by atoms with van der Waals surface area (Å²) in [5.41, 5.74) is 3.05. The van der Waals surface area contributed by atoms with Crippen LogP contribution >= 0.6 is 11.8 Å². The van der Waals surface area contributed by atoms with E-state index < -0.39 is 8.07 Å². The number of hydrogen-bond acceptors (Lipinski definition) is 2. The van der Waals surface area contributed by atoms with Crippen LogP contribution in [0, 0.1) is 24.7 Å². The number of benzene rings is 1. The highest BCUT2D eigenvalue weighted by Crippen LogP contribution is 2.60. The van der Waals surface area contributed by atoms with Gasteiger partial charge in [-0.25, -0.2) is 0 Å². The van der Waals surface area contributed by atoms with Crippen molar-refractivity contribution in [2.45, 2.75) is 77.8 Å². The molecule has 0 saturated heterocycles. The van der Waals surface area contributed by atoms with Gasteiger partial charge in [0.05, 0.1) is 8.07 Å². The largest absolute Gasteiger partial charge is 0.508 e. The van der Waals surface area contributed by atoms with Crippen LogP contribution in [0.3, 0.4) is 0 Å². The lowest BCUT2D eigenvalue weighted by atomic mass is 9.85. The van der Waals surface area contributed by atoms with E-state index in [2.05, 4.69) is 91.5 Å². The minimum Gasteiger partial charge on any atom is -0.508 e. The van der Waals surface area contributed by atoms with Crippen LogP contribution in [0.5, 0.6) is 5.75 Å². The van der Waals surface area contributed by atoms with Gasteiger partial charge in [-0.15, -0.1) is 11.8 Å². The SMILES string of the molecule is CC1=CC2C(C)C(C)C([Si](C)(C)c3cc(C)cc(C(C)(C)C)c3O)C2S1. The van der Waals surface area contributed by atoms with Crippen LogP contribution in [-0.4, -0.2) is 18.4 Å². The number of aryl methyl sites for hydroxylation is 1. The maximum Gasteiger partial charge on any atom is 0.118 e. The number of thioether (sulfide) groups is 1. The van der Waals surface area contributed by atoms with Gasteiger partial charge >= 0.3 is 0 Å². The second-order valence-electron chi connectivity index (χ2n) is 10.4. The van der Waals surface area contributed by atoms with Crippen molar-refractivity contribution in [3.05, 3.63) is 34.2 Å². The predicted molar refractivity (Wildman–Crippen MR) is 119 cm³/mol. The molecule has 0 aromatic heterocycles. The molecule has 1 aliphatic heterocycles. The highest BCUT2D eigenvalue weighted by molar-refractivity contribution is 8.04. The van der Waals surface area contributed by atoms with E-state index in [0.29, 0.717) is 28.4 Å². The van der Waals surface area contributed by atoms with E-state index in [1.165, 1.54) is 15.7 Å². The zero-order valence-electron chi connectivity index (χ0n) is 18.0. The molecule has 1 N–H and O–H groups in total. The highest BCUT2D eigenvalue weighted by Gasteiger charge is 2.55. The standard InChI is InChI=1S/C23H36OSSi/c1-13-10-18(23(5,6)7)20(24)19(11-13)26(8,9)22-16(4)15(3)17-12-14(2)25-21(17)22/h10-12,15-17,21-22,24H,1-9H3. The van der Waals surface area contributed by atoms with Gasteiger partial charge in [-0.05, 0) is 58.2 Å². The fourth-order valence-electron chi connectivity index (χ4n) is 5.53. The third kappa shape index (κ3) is 3.09. The first kappa shape index (κ1) is 20.1. The average molecular weight is 389 g/mol. The molecule has 1 heterocycles. The number of fused-ring (bicyclic) bond motifs is 1. The van der Waals surface area contributed by atoms with E-state index in [9.17, 15) is 5.11 Å². The first-order valence-electron chi connectivity index (χ1n) is 10.1. The van der Waals surface area contributed by atoms with E-state index in [1.807, 2.05) is 0 Å². The Balaban J connectivity index is 2.10. The van der Waals surface area contributed by atoms with Crippen molar-refractivity contribution in [3.63, 3.8) is 0 Å². The van der Waals surface area contributed by atoms with Crippen LogP contribution in [0.25, 0.3) is 0 Å². The predicted octanol–water partition coefficient (Wildman–Crippen LogP) is 6.20. The summed E-state index contributed by atoms with van der Waals surface area (Å²) in [5, 5.41) is 13.3. The Morgan fingerprint density at radius 2 is 1.65 bits per heavy atom. The van der Waals surface area contributed by atoms with Crippen LogP contribution < -0.4 is 5.19 Å². The lowest BCUT2D eigenvalue weighted by Gasteiger charge is -2.38. The lowest BCUT2D eigenvalue weighted by molar-refractivity contribution is 0.405. The quantitative estimate of drug-likeness (QED) is 0.608. The first-order chi connectivity index (χ1) is 11.9. The number of phenolic OH excluding ortho intramolecular Hbond substituents is 1. The van der Waals surface area contributed by atoms with Gasteiger partial charge in [0.15, 0.2) is 0 Å². The lowest BCUT2D eigenvalue weighted by Crippen LogP contribution is -2.50. The monoisotopic (exact) mass is 388 g/mol. The van der Waals surface area contributed by atoms with Crippen LogP contribution in [0.15, 0.2) is 23.1 Å². The van der Waals surface area contributed by atoms with Crippen LogP contribution in [0.2, 0.25) is 18.6 Å². The van der Waals surface area contributed by atoms with E-state index >= 15 is 0 Å². The molecule has 1 aliphatic carbocycles. The minimum atomic E-state index is -1.86. The van der Waals surface area contributed by atoms with E-state index in [0.717, 1.165) is 11.5 Å². The summed E-state index contributed by atoms with van der Waals surface area (Å²) < 4.78 is 0. The molecule has 0 radical (unpaired) electrons. The maximum absolute atomic E-state index is 11.3. The molecule has 26 heavy (non-hydrogen) atoms. The normalized spacial score (nSPS) is 31.9. The molecule has 5 unspecified atom stereocenters. The molecule has 144 valence electrons. The van der Waals surface area contributed by atoms with Crippen LogP contribution in [-0.2, 0) is 5.41 Å². The molecule has 1 aromatic rings. The molecule has 3 heteroatoms. The van der Waals surface area contributed by atoms with Gasteiger partial charge in [0, 0.05) is 5.25 Å². The summed E-state index contributed by atoms with van der Waals surface area (Å²) in [6.07, 6.45) is 2.53. The van der Waals surface area contributed by atoms with Crippen molar-refractivity contribution in [1.82, 2.24) is 0 Å². The summed E-state index contributed by atoms with van der Waals surface area (Å²) in [7, 11) is -1.86. The molecule has 1 fully saturated rings. The van der Waals surface area contributed by atoms with Gasteiger partial charge in [0.25, 0.3) is 0 Å². The van der Waals surface area contributed by atoms with E-state index in [-0.39, 0.29) is 5.41 Å². The number of rotatable bonds is 2. The highest BCUT2D eigenvalue weighted by atomic mass is 32.2. The fourth-order valence-corrected chi connectivity index (χ4v) is 12.7. The molecule has 0 bridgehead atoms. The zero-order chi connectivity index (χ0) is 19.6. The molecule has 0 spiro atoms. The summed E-state index contributed by atoms with van der Waals surface area (Å²) in [4.78, 5) is 1.50. The van der Waals surface area contributed by atoms with Crippen molar-refractivity contribution in [2.75, 3.05) is 0 Å². The third-order valence-electron chi connectivity index (χ3n) is 7.08. The smallest absolute Gasteiger partial charge is 0.118 e. The summed E-state index contributed by atoms with van der Waals surface area (Å²) >= 11 is 2.11. The van der Waals surface area contributed by atoms with Gasteiger partial charge in [0.2, 0.25) is 0 Å². The van der Waals surface area contributed by atoms with Gasteiger partial charge in [0.1, 0.15) is 5.75 Å². The molecule has 0 amide bonds. The fraction of sp³-hybridized carbons (Fsp3) is 0.652. The van der Waals surface area contributed by atoms with E-state index in [4.69, 9.17) is 0 Å². The van der Waals surface area contributed by atoms with Crippen molar-refractivity contribution in [2.24, 2.45) is 17.8 Å². The first-order valence-corrected chi connectivity index (χ1v) is 14.0. The second kappa shape index (κ2) is 6.44. The molecule has 1 nitrogen and oxygen atoms in total. The van der Waals surface area contributed by atoms with E-state index in [1.54, 1.807) is 0 Å². The number of hydrogen-bond donors (Lipinski definition) is 1. The molecule has 1 aromatic carbocycles. The van der Waals surface area contributed by atoms with Crippen molar-refractivity contribution >= 4 is 25.0 Å². The Labute approximate surface area is 165 Å². The number of allylic oxidation sites excluding steroid dienone is 2. The Bertz CT molecular complexity index is 743. The minimum absolute atomic E-state index is 0.0350. The average Bonchev–Trinajstić information content (AvgIpc) is 2.97. The molecular weight excluding hydrogens is 352 g/mol. The maximum atomic E-state index is 11.3. The molecular formula is C23H36OSSi. The Morgan fingerprint density at radius 3 is 2.23 bits per heavy atom. The second-order valence-corrected chi connectivity index (χ2v) is 16.4. The Kier molecular flexibility index (Phi) is 4.97. The topological polar surface area (TPSA) is 20.2 Å². The summed E-state index contributed by atoms with van der Waals surface area (Å²) in [5.74, 6) is 2.73. The van der Waals surface area contributed by atoms with Crippen molar-refractivity contribution in [1.29, 1.82) is 0 Å². The Hall–Kier alpha value is -0.673. The van der Waals surface area contributed by atoms with Crippen LogP contribution in [0.1, 0.15) is 52.7 Å². The number of aromatic hydroxyl groups is 1. The zero-order valence-corrected chi connectivity index (χ0v) is 19.8. The van der Waals surface area contributed by atoms with Crippen molar-refractivity contribution in [3.8, 4) is 5.75 Å². The number of phenols is 1. The molecule has 5 atom stereocenters. The van der Waals surface area contributed by atoms with Crippen LogP contribution in [0.4, 0.5) is 0 Å². The summed E-state index contributed by atoms with van der Waals surface area (Å²) in [6.45, 7) is 21.0. The van der Waals surface area contributed by atoms with Gasteiger partial charge in [-0.2, -0.15) is 0 Å². The summed E-state index contributed by atoms with van der Waals surface area (Å²) in [6, 6.07) is 4.48. The molecule has 2 aliphatic rings. The Morgan fingerprint density at radius 1 is 1.04 bits per heavy atom. The van der Waals surface area contributed by atoms with Gasteiger partial charge in [-0.1, -0.05) is 71.5 Å².